The second-order valence-electron chi connectivity index (χ2n) is 5.19. The lowest BCUT2D eigenvalue weighted by atomic mass is 9.96. The van der Waals surface area contributed by atoms with E-state index in [9.17, 15) is 14.7 Å². The van der Waals surface area contributed by atoms with Crippen molar-refractivity contribution in [2.45, 2.75) is 25.7 Å². The fraction of sp³-hybridized carbons (Fsp3) is 0.467. The summed E-state index contributed by atoms with van der Waals surface area (Å²) in [6.07, 6.45) is 2.20. The SMILES string of the molecule is NC(=O)C1CCN(C(=O)CCc2ccccc2O)CC1. The number of amides is 2. The van der Waals surface area contributed by atoms with Crippen LogP contribution in [-0.2, 0) is 16.0 Å². The molecular weight excluding hydrogens is 256 g/mol. The zero-order valence-corrected chi connectivity index (χ0v) is 11.4. The number of benzene rings is 1. The largest absolute Gasteiger partial charge is 0.508 e. The average molecular weight is 276 g/mol. The van der Waals surface area contributed by atoms with Gasteiger partial charge < -0.3 is 15.7 Å². The standard InChI is InChI=1S/C15H20N2O3/c16-15(20)12-7-9-17(10-8-12)14(19)6-5-11-3-1-2-4-13(11)18/h1-4,12,18H,5-10H2,(H2,16,20). The molecule has 0 aromatic heterocycles. The number of piperidine rings is 1. The van der Waals surface area contributed by atoms with E-state index in [1.54, 1.807) is 17.0 Å². The molecule has 3 N–H and O–H groups in total. The third-order valence-electron chi connectivity index (χ3n) is 3.85. The first-order valence-electron chi connectivity index (χ1n) is 6.92. The molecule has 1 heterocycles. The van der Waals surface area contributed by atoms with E-state index in [0.717, 1.165) is 5.56 Å². The minimum atomic E-state index is -0.272. The third kappa shape index (κ3) is 3.50. The first-order valence-corrected chi connectivity index (χ1v) is 6.92. The molecule has 1 aromatic carbocycles. The van der Waals surface area contributed by atoms with Crippen LogP contribution in [0, 0.1) is 5.92 Å². The highest BCUT2D eigenvalue weighted by molar-refractivity contribution is 5.79. The smallest absolute Gasteiger partial charge is 0.222 e. The summed E-state index contributed by atoms with van der Waals surface area (Å²) < 4.78 is 0. The number of hydrogen-bond acceptors (Lipinski definition) is 3. The Labute approximate surface area is 118 Å². The molecule has 1 fully saturated rings. The van der Waals surface area contributed by atoms with Crippen LogP contribution in [0.1, 0.15) is 24.8 Å². The van der Waals surface area contributed by atoms with Crippen LogP contribution < -0.4 is 5.73 Å². The summed E-state index contributed by atoms with van der Waals surface area (Å²) in [5.41, 5.74) is 6.05. The number of likely N-dealkylation sites (tertiary alicyclic amines) is 1. The average Bonchev–Trinajstić information content (AvgIpc) is 2.46. The maximum absolute atomic E-state index is 12.1. The van der Waals surface area contributed by atoms with Crippen molar-refractivity contribution in [2.75, 3.05) is 13.1 Å². The number of hydrogen-bond donors (Lipinski definition) is 2. The third-order valence-corrected chi connectivity index (χ3v) is 3.85. The molecule has 1 aliphatic rings. The highest BCUT2D eigenvalue weighted by Crippen LogP contribution is 2.20. The first kappa shape index (κ1) is 14.4. The molecule has 2 amide bonds. The second kappa shape index (κ2) is 6.41. The minimum Gasteiger partial charge on any atom is -0.508 e. The van der Waals surface area contributed by atoms with Crippen LogP contribution in [0.3, 0.4) is 0 Å². The number of carbonyl (C=O) groups is 2. The highest BCUT2D eigenvalue weighted by atomic mass is 16.3. The number of aromatic hydroxyl groups is 1. The summed E-state index contributed by atoms with van der Waals surface area (Å²) >= 11 is 0. The van der Waals surface area contributed by atoms with Crippen molar-refractivity contribution < 1.29 is 14.7 Å². The zero-order chi connectivity index (χ0) is 14.5. The lowest BCUT2D eigenvalue weighted by Gasteiger charge is -2.30. The molecule has 5 nitrogen and oxygen atoms in total. The van der Waals surface area contributed by atoms with E-state index >= 15 is 0 Å². The molecule has 0 spiro atoms. The number of phenolic OH excluding ortho intramolecular Hbond substituents is 1. The predicted octanol–water partition coefficient (Wildman–Crippen LogP) is 1.05. The Hall–Kier alpha value is -2.04. The molecule has 0 saturated carbocycles. The fourth-order valence-electron chi connectivity index (χ4n) is 2.54. The quantitative estimate of drug-likeness (QED) is 0.862. The number of aryl methyl sites for hydroxylation is 1. The molecule has 108 valence electrons. The van der Waals surface area contributed by atoms with Gasteiger partial charge in [-0.1, -0.05) is 18.2 Å². The molecular formula is C15H20N2O3. The first-order chi connectivity index (χ1) is 9.58. The van der Waals surface area contributed by atoms with E-state index in [4.69, 9.17) is 5.73 Å². The molecule has 5 heteroatoms. The van der Waals surface area contributed by atoms with Crippen molar-refractivity contribution in [1.82, 2.24) is 4.90 Å². The summed E-state index contributed by atoms with van der Waals surface area (Å²) in [5.74, 6) is -0.0764. The van der Waals surface area contributed by atoms with Gasteiger partial charge in [-0.2, -0.15) is 0 Å². The van der Waals surface area contributed by atoms with Gasteiger partial charge in [-0.25, -0.2) is 0 Å². The van der Waals surface area contributed by atoms with Crippen molar-refractivity contribution >= 4 is 11.8 Å². The predicted molar refractivity (Wildman–Crippen MR) is 74.9 cm³/mol. The molecule has 1 aliphatic heterocycles. The number of nitrogens with two attached hydrogens (primary N) is 1. The van der Waals surface area contributed by atoms with Crippen molar-refractivity contribution in [1.29, 1.82) is 0 Å². The number of phenols is 1. The van der Waals surface area contributed by atoms with Crippen LogP contribution in [0.2, 0.25) is 0 Å². The van der Waals surface area contributed by atoms with Gasteiger partial charge in [0, 0.05) is 25.4 Å². The van der Waals surface area contributed by atoms with Crippen LogP contribution in [0.15, 0.2) is 24.3 Å². The van der Waals surface area contributed by atoms with Crippen LogP contribution in [-0.4, -0.2) is 34.9 Å². The molecule has 1 aromatic rings. The van der Waals surface area contributed by atoms with E-state index in [-0.39, 0.29) is 23.5 Å². The summed E-state index contributed by atoms with van der Waals surface area (Å²) in [5, 5.41) is 9.65. The Balaban J connectivity index is 1.82. The number of para-hydroxylation sites is 1. The van der Waals surface area contributed by atoms with Gasteiger partial charge in [-0.05, 0) is 30.9 Å². The lowest BCUT2D eigenvalue weighted by Crippen LogP contribution is -2.41. The maximum Gasteiger partial charge on any atom is 0.222 e. The fourth-order valence-corrected chi connectivity index (χ4v) is 2.54. The van der Waals surface area contributed by atoms with Gasteiger partial charge in [-0.3, -0.25) is 9.59 Å². The lowest BCUT2D eigenvalue weighted by molar-refractivity contribution is -0.134. The van der Waals surface area contributed by atoms with Crippen LogP contribution in [0.4, 0.5) is 0 Å². The van der Waals surface area contributed by atoms with Gasteiger partial charge >= 0.3 is 0 Å². The molecule has 0 atom stereocenters. The van der Waals surface area contributed by atoms with E-state index in [2.05, 4.69) is 0 Å². The van der Waals surface area contributed by atoms with E-state index in [0.29, 0.717) is 38.8 Å². The number of carbonyl (C=O) groups excluding carboxylic acids is 2. The van der Waals surface area contributed by atoms with E-state index < -0.39 is 0 Å². The van der Waals surface area contributed by atoms with Crippen molar-refractivity contribution in [3.05, 3.63) is 29.8 Å². The number of primary amides is 1. The van der Waals surface area contributed by atoms with Gasteiger partial charge in [0.1, 0.15) is 5.75 Å². The monoisotopic (exact) mass is 276 g/mol. The molecule has 2 rings (SSSR count). The molecule has 1 saturated heterocycles. The van der Waals surface area contributed by atoms with E-state index in [1.165, 1.54) is 0 Å². The second-order valence-corrected chi connectivity index (χ2v) is 5.19. The Morgan fingerprint density at radius 3 is 2.50 bits per heavy atom. The Morgan fingerprint density at radius 1 is 1.25 bits per heavy atom. The summed E-state index contributed by atoms with van der Waals surface area (Å²) in [6, 6.07) is 7.05. The van der Waals surface area contributed by atoms with Gasteiger partial charge in [0.15, 0.2) is 0 Å². The Kier molecular flexibility index (Phi) is 4.61. The van der Waals surface area contributed by atoms with Crippen molar-refractivity contribution in [3.8, 4) is 5.75 Å². The maximum atomic E-state index is 12.1. The van der Waals surface area contributed by atoms with Gasteiger partial charge in [-0.15, -0.1) is 0 Å². The number of rotatable bonds is 4. The summed E-state index contributed by atoms with van der Waals surface area (Å²) in [6.45, 7) is 1.18. The summed E-state index contributed by atoms with van der Waals surface area (Å²) in [4.78, 5) is 24.9. The topological polar surface area (TPSA) is 83.6 Å². The Morgan fingerprint density at radius 2 is 1.90 bits per heavy atom. The number of nitrogens with zero attached hydrogens (tertiary/aromatic N) is 1. The van der Waals surface area contributed by atoms with Crippen molar-refractivity contribution in [3.63, 3.8) is 0 Å². The van der Waals surface area contributed by atoms with Gasteiger partial charge in [0.05, 0.1) is 0 Å². The highest BCUT2D eigenvalue weighted by Gasteiger charge is 2.25. The van der Waals surface area contributed by atoms with Crippen LogP contribution in [0.25, 0.3) is 0 Å². The minimum absolute atomic E-state index is 0.0659. The zero-order valence-electron chi connectivity index (χ0n) is 11.4. The molecule has 0 bridgehead atoms. The van der Waals surface area contributed by atoms with Crippen molar-refractivity contribution in [2.24, 2.45) is 11.7 Å². The van der Waals surface area contributed by atoms with Gasteiger partial charge in [0.25, 0.3) is 0 Å². The van der Waals surface area contributed by atoms with Crippen LogP contribution >= 0.6 is 0 Å². The van der Waals surface area contributed by atoms with E-state index in [1.807, 2.05) is 12.1 Å². The summed E-state index contributed by atoms with van der Waals surface area (Å²) in [7, 11) is 0. The molecule has 0 unspecified atom stereocenters. The normalized spacial score (nSPS) is 16.1. The molecule has 0 radical (unpaired) electrons. The molecule has 20 heavy (non-hydrogen) atoms. The molecule has 0 aliphatic carbocycles. The van der Waals surface area contributed by atoms with Gasteiger partial charge in [0.2, 0.25) is 11.8 Å². The van der Waals surface area contributed by atoms with Crippen LogP contribution in [0.5, 0.6) is 5.75 Å². The Bertz CT molecular complexity index is 494.